The molecular weight excluding hydrogens is 304 g/mol. The number of nitrogen functional groups attached to an aromatic ring is 1. The molecule has 2 rings (SSSR count). The van der Waals surface area contributed by atoms with Gasteiger partial charge in [-0.3, -0.25) is 9.36 Å². The summed E-state index contributed by atoms with van der Waals surface area (Å²) in [5.41, 5.74) is 7.52. The SMILES string of the molecule is CCCCn1cc(C#N)c(N=Nc2c(C(C)(C)C)nn(C)c2N)n1. The van der Waals surface area contributed by atoms with Crippen molar-refractivity contribution in [2.45, 2.75) is 52.5 Å². The van der Waals surface area contributed by atoms with E-state index in [2.05, 4.69) is 33.4 Å². The summed E-state index contributed by atoms with van der Waals surface area (Å²) in [5, 5.41) is 26.4. The van der Waals surface area contributed by atoms with Crippen LogP contribution < -0.4 is 5.73 Å². The lowest BCUT2D eigenvalue weighted by atomic mass is 9.91. The maximum atomic E-state index is 9.25. The van der Waals surface area contributed by atoms with Gasteiger partial charge in [-0.1, -0.05) is 34.1 Å². The van der Waals surface area contributed by atoms with Gasteiger partial charge in [-0.25, -0.2) is 0 Å². The number of rotatable bonds is 5. The van der Waals surface area contributed by atoms with Crippen molar-refractivity contribution in [1.82, 2.24) is 19.6 Å². The normalized spacial score (nSPS) is 12.0. The summed E-state index contributed by atoms with van der Waals surface area (Å²) in [7, 11) is 1.77. The fourth-order valence-corrected chi connectivity index (χ4v) is 2.23. The zero-order valence-electron chi connectivity index (χ0n) is 14.9. The van der Waals surface area contributed by atoms with Gasteiger partial charge in [0.25, 0.3) is 0 Å². The molecule has 0 radical (unpaired) electrons. The molecule has 0 aliphatic carbocycles. The number of hydrogen-bond donors (Lipinski definition) is 1. The van der Waals surface area contributed by atoms with E-state index in [1.165, 1.54) is 0 Å². The fraction of sp³-hybridized carbons (Fsp3) is 0.562. The molecule has 0 saturated heterocycles. The molecule has 2 N–H and O–H groups in total. The minimum absolute atomic E-state index is 0.220. The lowest BCUT2D eigenvalue weighted by Gasteiger charge is -2.15. The molecule has 0 spiro atoms. The second-order valence-electron chi connectivity index (χ2n) is 6.75. The Morgan fingerprint density at radius 3 is 2.58 bits per heavy atom. The van der Waals surface area contributed by atoms with Crippen molar-refractivity contribution >= 4 is 17.3 Å². The number of anilines is 1. The van der Waals surface area contributed by atoms with Gasteiger partial charge in [0, 0.05) is 25.2 Å². The minimum Gasteiger partial charge on any atom is -0.382 e. The molecule has 2 aromatic heterocycles. The Morgan fingerprint density at radius 2 is 2.00 bits per heavy atom. The standard InChI is InChI=1S/C16H24N8/c1-6-7-8-24-10-11(9-17)15(22-24)20-19-12-13(16(2,3)4)21-23(5)14(12)18/h10H,6-8,18H2,1-5H3. The summed E-state index contributed by atoms with van der Waals surface area (Å²) in [6, 6.07) is 2.10. The molecular formula is C16H24N8. The number of aryl methyl sites for hydroxylation is 2. The molecule has 0 unspecified atom stereocenters. The number of unbranched alkanes of at least 4 members (excludes halogenated alkanes) is 1. The average Bonchev–Trinajstić information content (AvgIpc) is 3.04. The molecule has 0 atom stereocenters. The maximum Gasteiger partial charge on any atom is 0.213 e. The Hall–Kier alpha value is -2.69. The second-order valence-corrected chi connectivity index (χ2v) is 6.75. The first-order valence-corrected chi connectivity index (χ1v) is 8.00. The molecule has 0 bridgehead atoms. The van der Waals surface area contributed by atoms with Crippen LogP contribution in [0.3, 0.4) is 0 Å². The van der Waals surface area contributed by atoms with Crippen LogP contribution in [0, 0.1) is 11.3 Å². The Morgan fingerprint density at radius 1 is 1.29 bits per heavy atom. The summed E-state index contributed by atoms with van der Waals surface area (Å²) >= 11 is 0. The van der Waals surface area contributed by atoms with Gasteiger partial charge in [-0.05, 0) is 6.42 Å². The topological polar surface area (TPSA) is 110 Å². The Labute approximate surface area is 142 Å². The lowest BCUT2D eigenvalue weighted by Crippen LogP contribution is -2.12. The van der Waals surface area contributed by atoms with Gasteiger partial charge in [-0.2, -0.15) is 10.4 Å². The molecule has 0 amide bonds. The summed E-state index contributed by atoms with van der Waals surface area (Å²) in [6.45, 7) is 8.97. The van der Waals surface area contributed by atoms with Crippen LogP contribution in [0.2, 0.25) is 0 Å². The number of aromatic nitrogens is 4. The van der Waals surface area contributed by atoms with E-state index in [1.807, 2.05) is 20.8 Å². The van der Waals surface area contributed by atoms with Gasteiger partial charge in [0.15, 0.2) is 5.69 Å². The van der Waals surface area contributed by atoms with Crippen molar-refractivity contribution in [3.8, 4) is 6.07 Å². The zero-order valence-corrected chi connectivity index (χ0v) is 14.9. The molecule has 8 heteroatoms. The molecule has 0 fully saturated rings. The van der Waals surface area contributed by atoms with Crippen molar-refractivity contribution < 1.29 is 0 Å². The number of nitriles is 1. The first-order chi connectivity index (χ1) is 11.3. The Kier molecular flexibility index (Phi) is 5.02. The van der Waals surface area contributed by atoms with Gasteiger partial charge in [0.1, 0.15) is 17.5 Å². The Balaban J connectivity index is 2.39. The summed E-state index contributed by atoms with van der Waals surface area (Å²) in [5.74, 6) is 0.740. The third-order valence-electron chi connectivity index (χ3n) is 3.62. The Bertz CT molecular complexity index is 782. The van der Waals surface area contributed by atoms with Gasteiger partial charge in [0.2, 0.25) is 5.82 Å². The fourth-order valence-electron chi connectivity index (χ4n) is 2.23. The van der Waals surface area contributed by atoms with Crippen LogP contribution in [-0.2, 0) is 19.0 Å². The molecule has 2 aromatic rings. The number of azo groups is 1. The highest BCUT2D eigenvalue weighted by Gasteiger charge is 2.25. The molecule has 0 saturated carbocycles. The van der Waals surface area contributed by atoms with Crippen LogP contribution in [0.5, 0.6) is 0 Å². The molecule has 0 aromatic carbocycles. The largest absolute Gasteiger partial charge is 0.382 e. The third-order valence-corrected chi connectivity index (χ3v) is 3.62. The van der Waals surface area contributed by atoms with E-state index in [9.17, 15) is 5.26 Å². The molecule has 0 aliphatic heterocycles. The van der Waals surface area contributed by atoms with E-state index < -0.39 is 0 Å². The van der Waals surface area contributed by atoms with E-state index in [-0.39, 0.29) is 5.41 Å². The van der Waals surface area contributed by atoms with Crippen molar-refractivity contribution in [3.05, 3.63) is 17.5 Å². The minimum atomic E-state index is -0.220. The van der Waals surface area contributed by atoms with Crippen LogP contribution in [0.15, 0.2) is 16.4 Å². The monoisotopic (exact) mass is 328 g/mol. The first-order valence-electron chi connectivity index (χ1n) is 8.00. The lowest BCUT2D eigenvalue weighted by molar-refractivity contribution is 0.554. The zero-order chi connectivity index (χ0) is 17.9. The smallest absolute Gasteiger partial charge is 0.213 e. The third kappa shape index (κ3) is 3.62. The quantitative estimate of drug-likeness (QED) is 0.845. The molecule has 2 heterocycles. The van der Waals surface area contributed by atoms with Gasteiger partial charge >= 0.3 is 0 Å². The summed E-state index contributed by atoms with van der Waals surface area (Å²) < 4.78 is 3.31. The van der Waals surface area contributed by atoms with Crippen molar-refractivity contribution in [3.63, 3.8) is 0 Å². The molecule has 24 heavy (non-hydrogen) atoms. The van der Waals surface area contributed by atoms with Crippen LogP contribution in [0.4, 0.5) is 17.3 Å². The van der Waals surface area contributed by atoms with E-state index in [0.29, 0.717) is 22.9 Å². The van der Waals surface area contributed by atoms with Crippen molar-refractivity contribution in [1.29, 1.82) is 5.26 Å². The first kappa shape index (κ1) is 17.7. The maximum absolute atomic E-state index is 9.25. The van der Waals surface area contributed by atoms with Crippen LogP contribution in [-0.4, -0.2) is 19.6 Å². The number of hydrogen-bond acceptors (Lipinski definition) is 6. The van der Waals surface area contributed by atoms with E-state index in [1.54, 1.807) is 22.6 Å². The predicted octanol–water partition coefficient (Wildman–Crippen LogP) is 3.58. The van der Waals surface area contributed by atoms with E-state index in [0.717, 1.165) is 25.1 Å². The number of nitrogens with two attached hydrogens (primary N) is 1. The number of nitrogens with zero attached hydrogens (tertiary/aromatic N) is 7. The van der Waals surface area contributed by atoms with E-state index >= 15 is 0 Å². The van der Waals surface area contributed by atoms with Gasteiger partial charge in [0.05, 0.1) is 5.69 Å². The van der Waals surface area contributed by atoms with Crippen LogP contribution >= 0.6 is 0 Å². The highest BCUT2D eigenvalue weighted by atomic mass is 15.4. The predicted molar refractivity (Wildman–Crippen MR) is 92.3 cm³/mol. The van der Waals surface area contributed by atoms with Crippen LogP contribution in [0.1, 0.15) is 51.8 Å². The summed E-state index contributed by atoms with van der Waals surface area (Å²) in [4.78, 5) is 0. The summed E-state index contributed by atoms with van der Waals surface area (Å²) in [6.07, 6.45) is 3.74. The van der Waals surface area contributed by atoms with Gasteiger partial charge < -0.3 is 5.73 Å². The molecule has 128 valence electrons. The van der Waals surface area contributed by atoms with Crippen molar-refractivity contribution in [2.75, 3.05) is 5.73 Å². The van der Waals surface area contributed by atoms with E-state index in [4.69, 9.17) is 5.73 Å². The average molecular weight is 328 g/mol. The molecule has 8 nitrogen and oxygen atoms in total. The highest BCUT2D eigenvalue weighted by molar-refractivity contribution is 5.63. The van der Waals surface area contributed by atoms with Gasteiger partial charge in [-0.15, -0.1) is 15.3 Å². The second kappa shape index (κ2) is 6.83. The van der Waals surface area contributed by atoms with Crippen LogP contribution in [0.25, 0.3) is 0 Å². The molecule has 0 aliphatic rings. The highest BCUT2D eigenvalue weighted by Crippen LogP contribution is 2.36. The van der Waals surface area contributed by atoms with Crippen molar-refractivity contribution in [2.24, 2.45) is 17.3 Å².